The Kier molecular flexibility index (Phi) is 3.91. The van der Waals surface area contributed by atoms with Gasteiger partial charge in [-0.2, -0.15) is 0 Å². The SMILES string of the molecule is CC(C)c1cccc(C(C)C)c1-n1ccnc1Br. The van der Waals surface area contributed by atoms with Crippen LogP contribution in [0.1, 0.15) is 50.7 Å². The third-order valence-corrected chi connectivity index (χ3v) is 3.77. The number of para-hydroxylation sites is 1. The Labute approximate surface area is 117 Å². The molecular weight excluding hydrogens is 288 g/mol. The van der Waals surface area contributed by atoms with Crippen LogP contribution >= 0.6 is 15.9 Å². The predicted molar refractivity (Wildman–Crippen MR) is 79.4 cm³/mol. The molecule has 0 saturated carbocycles. The average molecular weight is 307 g/mol. The van der Waals surface area contributed by atoms with Crippen molar-refractivity contribution in [1.29, 1.82) is 0 Å². The van der Waals surface area contributed by atoms with Crippen molar-refractivity contribution in [3.8, 4) is 5.69 Å². The van der Waals surface area contributed by atoms with Crippen molar-refractivity contribution in [3.05, 3.63) is 46.5 Å². The Morgan fingerprint density at radius 3 is 2.00 bits per heavy atom. The fourth-order valence-corrected chi connectivity index (χ4v) is 2.66. The van der Waals surface area contributed by atoms with Crippen LogP contribution in [0, 0.1) is 0 Å². The van der Waals surface area contributed by atoms with Gasteiger partial charge in [0.05, 0.1) is 5.69 Å². The lowest BCUT2D eigenvalue weighted by molar-refractivity contribution is 0.800. The van der Waals surface area contributed by atoms with Crippen molar-refractivity contribution in [2.45, 2.75) is 39.5 Å². The number of halogens is 1. The summed E-state index contributed by atoms with van der Waals surface area (Å²) in [5.74, 6) is 0.987. The van der Waals surface area contributed by atoms with Gasteiger partial charge < -0.3 is 0 Å². The Morgan fingerprint density at radius 1 is 1.06 bits per heavy atom. The number of rotatable bonds is 3. The fourth-order valence-electron chi connectivity index (χ4n) is 2.24. The average Bonchev–Trinajstić information content (AvgIpc) is 2.74. The molecule has 0 aliphatic heterocycles. The zero-order chi connectivity index (χ0) is 13.3. The van der Waals surface area contributed by atoms with E-state index in [9.17, 15) is 0 Å². The highest BCUT2D eigenvalue weighted by atomic mass is 79.9. The molecule has 2 aromatic rings. The molecule has 0 spiro atoms. The second-order valence-corrected chi connectivity index (χ2v) is 5.87. The van der Waals surface area contributed by atoms with Crippen molar-refractivity contribution in [2.24, 2.45) is 0 Å². The maximum Gasteiger partial charge on any atom is 0.181 e. The van der Waals surface area contributed by atoms with Crippen LogP contribution in [0.15, 0.2) is 35.3 Å². The van der Waals surface area contributed by atoms with Gasteiger partial charge in [-0.1, -0.05) is 45.9 Å². The van der Waals surface area contributed by atoms with Crippen molar-refractivity contribution < 1.29 is 0 Å². The molecule has 3 heteroatoms. The molecule has 0 aliphatic rings. The minimum Gasteiger partial charge on any atom is -0.294 e. The van der Waals surface area contributed by atoms with E-state index in [2.05, 4.69) is 71.4 Å². The maximum atomic E-state index is 4.27. The Bertz CT molecular complexity index is 515. The first-order chi connectivity index (χ1) is 8.52. The lowest BCUT2D eigenvalue weighted by atomic mass is 9.92. The Morgan fingerprint density at radius 2 is 1.61 bits per heavy atom. The van der Waals surface area contributed by atoms with Crippen LogP contribution in [0.2, 0.25) is 0 Å². The van der Waals surface area contributed by atoms with Crippen LogP contribution in [0.5, 0.6) is 0 Å². The first-order valence-corrected chi connectivity index (χ1v) is 7.13. The number of nitrogens with zero attached hydrogens (tertiary/aromatic N) is 2. The van der Waals surface area contributed by atoms with Gasteiger partial charge in [0.15, 0.2) is 4.73 Å². The van der Waals surface area contributed by atoms with Gasteiger partial charge in [0.2, 0.25) is 0 Å². The highest BCUT2D eigenvalue weighted by Crippen LogP contribution is 2.32. The van der Waals surface area contributed by atoms with E-state index in [4.69, 9.17) is 0 Å². The lowest BCUT2D eigenvalue weighted by Crippen LogP contribution is -2.06. The maximum absolute atomic E-state index is 4.27. The molecule has 2 rings (SSSR count). The second-order valence-electron chi connectivity index (χ2n) is 5.16. The lowest BCUT2D eigenvalue weighted by Gasteiger charge is -2.20. The molecule has 0 amide bonds. The minimum atomic E-state index is 0.494. The molecule has 1 heterocycles. The predicted octanol–water partition coefficient (Wildman–Crippen LogP) is 4.88. The van der Waals surface area contributed by atoms with Gasteiger partial charge in [-0.25, -0.2) is 4.98 Å². The zero-order valence-corrected chi connectivity index (χ0v) is 12.9. The molecule has 96 valence electrons. The molecular formula is C15H19BrN2. The van der Waals surface area contributed by atoms with E-state index in [1.165, 1.54) is 16.8 Å². The molecule has 0 saturated heterocycles. The first kappa shape index (κ1) is 13.3. The van der Waals surface area contributed by atoms with E-state index in [1.807, 2.05) is 12.4 Å². The molecule has 0 atom stereocenters. The summed E-state index contributed by atoms with van der Waals surface area (Å²) in [6.07, 6.45) is 3.84. The molecule has 2 nitrogen and oxygen atoms in total. The van der Waals surface area contributed by atoms with E-state index < -0.39 is 0 Å². The van der Waals surface area contributed by atoms with Crippen LogP contribution in [-0.4, -0.2) is 9.55 Å². The van der Waals surface area contributed by atoms with Crippen LogP contribution in [0.4, 0.5) is 0 Å². The molecule has 0 N–H and O–H groups in total. The van der Waals surface area contributed by atoms with Crippen LogP contribution in [0.25, 0.3) is 5.69 Å². The number of benzene rings is 1. The number of hydrogen-bond donors (Lipinski definition) is 0. The Hall–Kier alpha value is -1.09. The summed E-state index contributed by atoms with van der Waals surface area (Å²) < 4.78 is 2.99. The summed E-state index contributed by atoms with van der Waals surface area (Å²) >= 11 is 3.52. The van der Waals surface area contributed by atoms with Gasteiger partial charge >= 0.3 is 0 Å². The summed E-state index contributed by atoms with van der Waals surface area (Å²) in [5, 5.41) is 0. The summed E-state index contributed by atoms with van der Waals surface area (Å²) in [7, 11) is 0. The van der Waals surface area contributed by atoms with E-state index in [0.29, 0.717) is 11.8 Å². The van der Waals surface area contributed by atoms with Crippen molar-refractivity contribution >= 4 is 15.9 Å². The highest BCUT2D eigenvalue weighted by molar-refractivity contribution is 9.10. The van der Waals surface area contributed by atoms with Crippen LogP contribution < -0.4 is 0 Å². The van der Waals surface area contributed by atoms with Crippen molar-refractivity contribution in [3.63, 3.8) is 0 Å². The number of imidazole rings is 1. The van der Waals surface area contributed by atoms with Gasteiger partial charge in [0.25, 0.3) is 0 Å². The second kappa shape index (κ2) is 5.27. The third kappa shape index (κ3) is 2.37. The molecule has 0 fully saturated rings. The normalized spacial score (nSPS) is 11.5. The van der Waals surface area contributed by atoms with E-state index in [-0.39, 0.29) is 0 Å². The smallest absolute Gasteiger partial charge is 0.181 e. The number of hydrogen-bond acceptors (Lipinski definition) is 1. The molecule has 1 aromatic carbocycles. The largest absolute Gasteiger partial charge is 0.294 e. The van der Waals surface area contributed by atoms with Crippen LogP contribution in [-0.2, 0) is 0 Å². The van der Waals surface area contributed by atoms with Crippen molar-refractivity contribution in [2.75, 3.05) is 0 Å². The standard InChI is InChI=1S/C15H19BrN2/c1-10(2)12-6-5-7-13(11(3)4)14(12)18-9-8-17-15(18)16/h5-11H,1-4H3. The summed E-state index contributed by atoms with van der Waals surface area (Å²) in [5.41, 5.74) is 3.99. The molecule has 0 bridgehead atoms. The summed E-state index contributed by atoms with van der Waals surface area (Å²) in [6.45, 7) is 8.92. The summed E-state index contributed by atoms with van der Waals surface area (Å²) in [6, 6.07) is 6.57. The van der Waals surface area contributed by atoms with E-state index in [1.54, 1.807) is 0 Å². The highest BCUT2D eigenvalue weighted by Gasteiger charge is 2.16. The third-order valence-electron chi connectivity index (χ3n) is 3.18. The zero-order valence-electron chi connectivity index (χ0n) is 11.3. The molecule has 0 aliphatic carbocycles. The molecule has 0 radical (unpaired) electrons. The molecule has 0 unspecified atom stereocenters. The van der Waals surface area contributed by atoms with E-state index in [0.717, 1.165) is 4.73 Å². The van der Waals surface area contributed by atoms with Gasteiger partial charge in [-0.15, -0.1) is 0 Å². The van der Waals surface area contributed by atoms with Gasteiger partial charge in [0, 0.05) is 12.4 Å². The first-order valence-electron chi connectivity index (χ1n) is 6.34. The fraction of sp³-hybridized carbons (Fsp3) is 0.400. The van der Waals surface area contributed by atoms with Gasteiger partial charge in [-0.3, -0.25) is 4.57 Å². The monoisotopic (exact) mass is 306 g/mol. The minimum absolute atomic E-state index is 0.494. The quantitative estimate of drug-likeness (QED) is 0.790. The number of aromatic nitrogens is 2. The van der Waals surface area contributed by atoms with E-state index >= 15 is 0 Å². The van der Waals surface area contributed by atoms with Gasteiger partial charge in [-0.05, 0) is 38.9 Å². The summed E-state index contributed by atoms with van der Waals surface area (Å²) in [4.78, 5) is 4.27. The van der Waals surface area contributed by atoms with Crippen LogP contribution in [0.3, 0.4) is 0 Å². The van der Waals surface area contributed by atoms with Gasteiger partial charge in [0.1, 0.15) is 0 Å². The molecule has 1 aromatic heterocycles. The topological polar surface area (TPSA) is 17.8 Å². The Balaban J connectivity index is 2.72. The van der Waals surface area contributed by atoms with Crippen molar-refractivity contribution in [1.82, 2.24) is 9.55 Å². The molecule has 18 heavy (non-hydrogen) atoms.